The molecule has 1 atom stereocenters. The Hall–Kier alpha value is -3.05. The first-order valence-electron chi connectivity index (χ1n) is 13.0. The van der Waals surface area contributed by atoms with Crippen LogP contribution in [0.4, 0.5) is 0 Å². The molecule has 184 valence electrons. The van der Waals surface area contributed by atoms with E-state index in [-0.39, 0.29) is 5.91 Å². The number of amides is 1. The summed E-state index contributed by atoms with van der Waals surface area (Å²) in [6, 6.07) is 22.9. The Kier molecular flexibility index (Phi) is 7.84. The van der Waals surface area contributed by atoms with Crippen LogP contribution in [0.3, 0.4) is 0 Å². The van der Waals surface area contributed by atoms with Gasteiger partial charge in [-0.1, -0.05) is 42.5 Å². The van der Waals surface area contributed by atoms with Gasteiger partial charge in [-0.2, -0.15) is 0 Å². The van der Waals surface area contributed by atoms with Crippen molar-refractivity contribution in [3.8, 4) is 5.75 Å². The van der Waals surface area contributed by atoms with Gasteiger partial charge >= 0.3 is 0 Å². The van der Waals surface area contributed by atoms with E-state index in [1.54, 1.807) is 18.4 Å². The highest BCUT2D eigenvalue weighted by molar-refractivity contribution is 5.91. The maximum atomic E-state index is 12.6. The van der Waals surface area contributed by atoms with Gasteiger partial charge in [-0.25, -0.2) is 0 Å². The van der Waals surface area contributed by atoms with Crippen LogP contribution in [-0.2, 0) is 13.0 Å². The lowest BCUT2D eigenvalue weighted by molar-refractivity contribution is 0.0602. The zero-order chi connectivity index (χ0) is 23.9. The molecule has 0 unspecified atom stereocenters. The highest BCUT2D eigenvalue weighted by Crippen LogP contribution is 2.25. The van der Waals surface area contributed by atoms with Gasteiger partial charge in [0.15, 0.2) is 5.76 Å². The predicted molar refractivity (Wildman–Crippen MR) is 137 cm³/mol. The van der Waals surface area contributed by atoms with Gasteiger partial charge in [0.2, 0.25) is 0 Å². The van der Waals surface area contributed by atoms with Gasteiger partial charge in [-0.3, -0.25) is 9.69 Å². The average Bonchev–Trinajstić information content (AvgIpc) is 3.44. The summed E-state index contributed by atoms with van der Waals surface area (Å²) in [7, 11) is 0. The highest BCUT2D eigenvalue weighted by atomic mass is 16.5. The van der Waals surface area contributed by atoms with Gasteiger partial charge in [0, 0.05) is 25.6 Å². The minimum atomic E-state index is -0.0192. The predicted octanol–water partition coefficient (Wildman–Crippen LogP) is 5.67. The summed E-state index contributed by atoms with van der Waals surface area (Å²) >= 11 is 0. The van der Waals surface area contributed by atoms with E-state index in [9.17, 15) is 4.79 Å². The van der Waals surface area contributed by atoms with Crippen LogP contribution >= 0.6 is 0 Å². The normalized spacial score (nSPS) is 19.5. The summed E-state index contributed by atoms with van der Waals surface area (Å²) in [5.74, 6) is 2.46. The molecule has 2 aliphatic heterocycles. The molecule has 3 heterocycles. The van der Waals surface area contributed by atoms with Crippen LogP contribution in [0.2, 0.25) is 0 Å². The molecule has 5 rings (SSSR count). The summed E-state index contributed by atoms with van der Waals surface area (Å²) in [5, 5.41) is 0. The molecule has 0 spiro atoms. The number of hydrogen-bond acceptors (Lipinski definition) is 4. The highest BCUT2D eigenvalue weighted by Gasteiger charge is 2.26. The maximum Gasteiger partial charge on any atom is 0.289 e. The van der Waals surface area contributed by atoms with Gasteiger partial charge in [-0.05, 0) is 86.5 Å². The minimum Gasteiger partial charge on any atom is -0.493 e. The van der Waals surface area contributed by atoms with Crippen LogP contribution < -0.4 is 4.74 Å². The van der Waals surface area contributed by atoms with Crippen molar-refractivity contribution in [3.63, 3.8) is 0 Å². The van der Waals surface area contributed by atoms with Crippen molar-refractivity contribution < 1.29 is 13.9 Å². The molecule has 5 heteroatoms. The van der Waals surface area contributed by atoms with E-state index < -0.39 is 0 Å². The largest absolute Gasteiger partial charge is 0.493 e. The molecule has 35 heavy (non-hydrogen) atoms. The quantitative estimate of drug-likeness (QED) is 0.424. The number of carbonyl (C=O) groups is 1. The number of benzene rings is 2. The maximum absolute atomic E-state index is 12.6. The van der Waals surface area contributed by atoms with Gasteiger partial charge in [0.25, 0.3) is 5.91 Å². The Bertz CT molecular complexity index is 1060. The molecule has 0 aliphatic carbocycles. The number of rotatable bonds is 8. The average molecular weight is 473 g/mol. The second-order valence-corrected chi connectivity index (χ2v) is 10.1. The van der Waals surface area contributed by atoms with E-state index in [0.29, 0.717) is 18.3 Å². The molecule has 5 nitrogen and oxygen atoms in total. The van der Waals surface area contributed by atoms with Crippen LogP contribution in [0.1, 0.15) is 47.4 Å². The Labute approximate surface area is 208 Å². The lowest BCUT2D eigenvalue weighted by Crippen LogP contribution is -2.41. The first-order valence-corrected chi connectivity index (χ1v) is 13.0. The SMILES string of the molecule is O=C(c1ccco1)N1CCC[C@H](COc2cccc(CN3CCC(Cc4ccccc4)CC3)c2)C1. The van der Waals surface area contributed by atoms with Crippen molar-refractivity contribution >= 4 is 5.91 Å². The molecule has 3 aromatic rings. The van der Waals surface area contributed by atoms with E-state index in [2.05, 4.69) is 53.4 Å². The van der Waals surface area contributed by atoms with E-state index in [0.717, 1.165) is 57.2 Å². The van der Waals surface area contributed by atoms with Crippen molar-refractivity contribution in [2.75, 3.05) is 32.8 Å². The Morgan fingerprint density at radius 3 is 2.51 bits per heavy atom. The lowest BCUT2D eigenvalue weighted by atomic mass is 9.90. The van der Waals surface area contributed by atoms with Gasteiger partial charge in [-0.15, -0.1) is 0 Å². The van der Waals surface area contributed by atoms with E-state index >= 15 is 0 Å². The Morgan fingerprint density at radius 1 is 0.886 bits per heavy atom. The summed E-state index contributed by atoms with van der Waals surface area (Å²) < 4.78 is 11.5. The molecule has 0 radical (unpaired) electrons. The van der Waals surface area contributed by atoms with Gasteiger partial charge in [0.1, 0.15) is 5.75 Å². The van der Waals surface area contributed by atoms with E-state index in [1.807, 2.05) is 11.0 Å². The third-order valence-electron chi connectivity index (χ3n) is 7.40. The molecular weight excluding hydrogens is 436 g/mol. The fraction of sp³-hybridized carbons (Fsp3) is 0.433. The second kappa shape index (κ2) is 11.6. The number of ether oxygens (including phenoxy) is 1. The van der Waals surface area contributed by atoms with E-state index in [1.165, 1.54) is 30.4 Å². The van der Waals surface area contributed by atoms with Crippen molar-refractivity contribution in [1.29, 1.82) is 0 Å². The summed E-state index contributed by atoms with van der Waals surface area (Å²) in [5.41, 5.74) is 2.77. The van der Waals surface area contributed by atoms with Crippen molar-refractivity contribution in [1.82, 2.24) is 9.80 Å². The summed E-state index contributed by atoms with van der Waals surface area (Å²) in [4.78, 5) is 17.1. The van der Waals surface area contributed by atoms with E-state index in [4.69, 9.17) is 9.15 Å². The van der Waals surface area contributed by atoms with Crippen LogP contribution in [-0.4, -0.2) is 48.5 Å². The molecule has 0 saturated carbocycles. The number of piperidine rings is 2. The topological polar surface area (TPSA) is 45.9 Å². The van der Waals surface area contributed by atoms with Crippen molar-refractivity contribution in [2.45, 2.75) is 38.6 Å². The van der Waals surface area contributed by atoms with Gasteiger partial charge < -0.3 is 14.1 Å². The fourth-order valence-electron chi connectivity index (χ4n) is 5.44. The molecule has 2 aliphatic rings. The molecule has 1 aromatic heterocycles. The molecule has 2 saturated heterocycles. The number of nitrogens with zero attached hydrogens (tertiary/aromatic N) is 2. The second-order valence-electron chi connectivity index (χ2n) is 10.1. The zero-order valence-electron chi connectivity index (χ0n) is 20.5. The van der Waals surface area contributed by atoms with Crippen LogP contribution in [0.15, 0.2) is 77.4 Å². The smallest absolute Gasteiger partial charge is 0.289 e. The first-order chi connectivity index (χ1) is 17.2. The molecule has 2 aromatic carbocycles. The molecule has 1 amide bonds. The van der Waals surface area contributed by atoms with Crippen LogP contribution in [0, 0.1) is 11.8 Å². The van der Waals surface area contributed by atoms with Crippen LogP contribution in [0.5, 0.6) is 5.75 Å². The lowest BCUT2D eigenvalue weighted by Gasteiger charge is -2.32. The standard InChI is InChI=1S/C30H36N2O3/c33-30(29-12-6-18-34-29)32-15-5-10-27(22-32)23-35-28-11-4-9-26(20-28)21-31-16-13-25(14-17-31)19-24-7-2-1-3-8-24/h1-4,6-9,11-12,18,20,25,27H,5,10,13-17,19,21-23H2/t27-/m0/s1. The van der Waals surface area contributed by atoms with Gasteiger partial charge in [0.05, 0.1) is 12.9 Å². The molecule has 0 N–H and O–H groups in total. The monoisotopic (exact) mass is 472 g/mol. The number of furan rings is 1. The first kappa shape index (κ1) is 23.7. The summed E-state index contributed by atoms with van der Waals surface area (Å²) in [6.07, 6.45) is 7.36. The Morgan fingerprint density at radius 2 is 1.71 bits per heavy atom. The van der Waals surface area contributed by atoms with Crippen molar-refractivity contribution in [3.05, 3.63) is 89.9 Å². The Balaban J connectivity index is 1.07. The molecular formula is C30H36N2O3. The minimum absolute atomic E-state index is 0.0192. The number of hydrogen-bond donors (Lipinski definition) is 0. The number of likely N-dealkylation sites (tertiary alicyclic amines) is 2. The van der Waals surface area contributed by atoms with Crippen LogP contribution in [0.25, 0.3) is 0 Å². The number of carbonyl (C=O) groups excluding carboxylic acids is 1. The third-order valence-corrected chi connectivity index (χ3v) is 7.40. The zero-order valence-corrected chi connectivity index (χ0v) is 20.5. The molecule has 2 fully saturated rings. The summed E-state index contributed by atoms with van der Waals surface area (Å²) in [6.45, 7) is 5.43. The third kappa shape index (κ3) is 6.55. The van der Waals surface area contributed by atoms with Crippen molar-refractivity contribution in [2.24, 2.45) is 11.8 Å². The fourth-order valence-corrected chi connectivity index (χ4v) is 5.44. The molecule has 0 bridgehead atoms.